The van der Waals surface area contributed by atoms with E-state index in [1.54, 1.807) is 17.5 Å². The quantitative estimate of drug-likeness (QED) is 0.459. The molecule has 1 aliphatic rings. The molecule has 1 fully saturated rings. The second kappa shape index (κ2) is 6.53. The summed E-state index contributed by atoms with van der Waals surface area (Å²) in [6.45, 7) is 1.97. The Morgan fingerprint density at radius 3 is 2.73 bits per heavy atom. The number of aromatic amines is 1. The molecule has 30 heavy (non-hydrogen) atoms. The highest BCUT2D eigenvalue weighted by Crippen LogP contribution is 2.39. The van der Waals surface area contributed by atoms with Crippen LogP contribution in [0.5, 0.6) is 0 Å². The standard InChI is InChI=1S/C23H17N5OS/c1-12-25-11-19(30-12)21-20(15-6-7-17-14(9-15)3-2-8-24-17)26-18-10-16(13-4-5-13)23(29)28-22(18)27-21/h2-3,6-11,13H,4-5H2,1H3,(H,27,28,29). The van der Waals surface area contributed by atoms with Gasteiger partial charge in [-0.2, -0.15) is 0 Å². The van der Waals surface area contributed by atoms with Crippen LogP contribution in [0.4, 0.5) is 0 Å². The van der Waals surface area contributed by atoms with E-state index in [1.807, 2.05) is 43.5 Å². The van der Waals surface area contributed by atoms with Crippen LogP contribution in [-0.2, 0) is 0 Å². The van der Waals surface area contributed by atoms with Gasteiger partial charge in [0, 0.05) is 28.9 Å². The number of aryl methyl sites for hydroxylation is 1. The number of nitrogens with one attached hydrogen (secondary N) is 1. The average molecular weight is 411 g/mol. The molecule has 0 saturated heterocycles. The van der Waals surface area contributed by atoms with Crippen LogP contribution < -0.4 is 5.56 Å². The summed E-state index contributed by atoms with van der Waals surface area (Å²) in [7, 11) is 0. The molecule has 0 radical (unpaired) electrons. The number of hydrogen-bond donors (Lipinski definition) is 1. The summed E-state index contributed by atoms with van der Waals surface area (Å²) in [6, 6.07) is 12.0. The molecule has 0 unspecified atom stereocenters. The number of nitrogens with zero attached hydrogens (tertiary/aromatic N) is 4. The molecule has 1 aliphatic carbocycles. The highest BCUT2D eigenvalue weighted by Gasteiger charge is 2.27. The van der Waals surface area contributed by atoms with E-state index in [1.165, 1.54) is 0 Å². The smallest absolute Gasteiger partial charge is 0.253 e. The van der Waals surface area contributed by atoms with Crippen LogP contribution in [0.15, 0.2) is 53.6 Å². The monoisotopic (exact) mass is 411 g/mol. The molecule has 0 atom stereocenters. The zero-order valence-corrected chi connectivity index (χ0v) is 17.0. The minimum Gasteiger partial charge on any atom is -0.305 e. The average Bonchev–Trinajstić information content (AvgIpc) is 3.52. The lowest BCUT2D eigenvalue weighted by Gasteiger charge is -2.10. The van der Waals surface area contributed by atoms with Crippen molar-refractivity contribution in [3.8, 4) is 21.8 Å². The third kappa shape index (κ3) is 2.90. The summed E-state index contributed by atoms with van der Waals surface area (Å²) in [5.74, 6) is 0.346. The van der Waals surface area contributed by atoms with Crippen LogP contribution in [0.25, 0.3) is 43.9 Å². The highest BCUT2D eigenvalue weighted by molar-refractivity contribution is 7.15. The fraction of sp³-hybridized carbons (Fsp3) is 0.174. The minimum atomic E-state index is -0.0599. The maximum atomic E-state index is 12.5. The molecule has 5 aromatic rings. The van der Waals surface area contributed by atoms with Gasteiger partial charge in [-0.25, -0.2) is 15.0 Å². The molecular weight excluding hydrogens is 394 g/mol. The van der Waals surface area contributed by atoms with E-state index in [4.69, 9.17) is 9.97 Å². The Hall–Kier alpha value is -3.45. The fourth-order valence-corrected chi connectivity index (χ4v) is 4.57. The van der Waals surface area contributed by atoms with Crippen LogP contribution in [0, 0.1) is 6.92 Å². The van der Waals surface area contributed by atoms with Crippen LogP contribution in [-0.4, -0.2) is 24.9 Å². The van der Waals surface area contributed by atoms with Crippen molar-refractivity contribution < 1.29 is 0 Å². The maximum absolute atomic E-state index is 12.5. The summed E-state index contributed by atoms with van der Waals surface area (Å²) < 4.78 is 0. The maximum Gasteiger partial charge on any atom is 0.253 e. The first kappa shape index (κ1) is 17.4. The second-order valence-corrected chi connectivity index (χ2v) is 8.87. The molecule has 4 aromatic heterocycles. The number of hydrogen-bond acceptors (Lipinski definition) is 6. The predicted octanol–water partition coefficient (Wildman–Crippen LogP) is 4.84. The molecule has 1 saturated carbocycles. The number of benzene rings is 1. The zero-order valence-electron chi connectivity index (χ0n) is 16.2. The molecule has 6 rings (SSSR count). The Labute approximate surface area is 175 Å². The van der Waals surface area contributed by atoms with Gasteiger partial charge in [0.15, 0.2) is 5.65 Å². The minimum absolute atomic E-state index is 0.0599. The molecule has 146 valence electrons. The number of aromatic nitrogens is 5. The van der Waals surface area contributed by atoms with Gasteiger partial charge < -0.3 is 4.98 Å². The largest absolute Gasteiger partial charge is 0.305 e. The van der Waals surface area contributed by atoms with E-state index in [-0.39, 0.29) is 5.56 Å². The molecule has 0 bridgehead atoms. The molecule has 1 N–H and O–H groups in total. The van der Waals surface area contributed by atoms with Crippen LogP contribution in [0.3, 0.4) is 0 Å². The Morgan fingerprint density at radius 1 is 1.03 bits per heavy atom. The number of rotatable bonds is 3. The summed E-state index contributed by atoms with van der Waals surface area (Å²) in [6.07, 6.45) is 5.73. The van der Waals surface area contributed by atoms with E-state index in [0.717, 1.165) is 56.1 Å². The van der Waals surface area contributed by atoms with Crippen molar-refractivity contribution in [1.29, 1.82) is 0 Å². The molecule has 4 heterocycles. The Balaban J connectivity index is 1.64. The zero-order chi connectivity index (χ0) is 20.2. The Kier molecular flexibility index (Phi) is 3.79. The van der Waals surface area contributed by atoms with Gasteiger partial charge in [-0.3, -0.25) is 9.78 Å². The lowest BCUT2D eigenvalue weighted by atomic mass is 10.1. The van der Waals surface area contributed by atoms with Gasteiger partial charge in [-0.15, -0.1) is 11.3 Å². The lowest BCUT2D eigenvalue weighted by molar-refractivity contribution is 1.05. The fourth-order valence-electron chi connectivity index (χ4n) is 3.80. The van der Waals surface area contributed by atoms with Crippen molar-refractivity contribution in [2.24, 2.45) is 0 Å². The molecule has 0 amide bonds. The van der Waals surface area contributed by atoms with Gasteiger partial charge in [0.25, 0.3) is 5.56 Å². The topological polar surface area (TPSA) is 84.4 Å². The molecule has 0 spiro atoms. The van der Waals surface area contributed by atoms with Crippen molar-refractivity contribution in [1.82, 2.24) is 24.9 Å². The number of fused-ring (bicyclic) bond motifs is 2. The van der Waals surface area contributed by atoms with E-state index in [2.05, 4.69) is 21.0 Å². The second-order valence-electron chi connectivity index (χ2n) is 7.64. The molecule has 7 heteroatoms. The molecular formula is C23H17N5OS. The Bertz CT molecular complexity index is 1500. The van der Waals surface area contributed by atoms with Crippen LogP contribution in [0.1, 0.15) is 29.3 Å². The van der Waals surface area contributed by atoms with E-state index in [9.17, 15) is 4.79 Å². The molecule has 0 aliphatic heterocycles. The van der Waals surface area contributed by atoms with Gasteiger partial charge in [-0.05, 0) is 49.9 Å². The number of thiazole rings is 1. The Morgan fingerprint density at radius 2 is 1.93 bits per heavy atom. The normalized spacial score (nSPS) is 13.9. The van der Waals surface area contributed by atoms with Crippen LogP contribution >= 0.6 is 11.3 Å². The van der Waals surface area contributed by atoms with Gasteiger partial charge in [0.1, 0.15) is 11.2 Å². The molecule has 1 aromatic carbocycles. The van der Waals surface area contributed by atoms with Gasteiger partial charge in [0.05, 0.1) is 21.1 Å². The van der Waals surface area contributed by atoms with Crippen molar-refractivity contribution in [2.75, 3.05) is 0 Å². The SMILES string of the molecule is Cc1ncc(-c2nc3[nH]c(=O)c(C4CC4)cc3nc2-c2ccc3ncccc3c2)s1. The summed E-state index contributed by atoms with van der Waals surface area (Å²) in [4.78, 5) is 35.0. The summed E-state index contributed by atoms with van der Waals surface area (Å²) in [5.41, 5.74) is 5.38. The van der Waals surface area contributed by atoms with E-state index < -0.39 is 0 Å². The first-order chi connectivity index (χ1) is 14.7. The lowest BCUT2D eigenvalue weighted by Crippen LogP contribution is -2.13. The van der Waals surface area contributed by atoms with Gasteiger partial charge in [0.2, 0.25) is 0 Å². The van der Waals surface area contributed by atoms with Crippen LogP contribution in [0.2, 0.25) is 0 Å². The third-order valence-corrected chi connectivity index (χ3v) is 6.38. The predicted molar refractivity (Wildman–Crippen MR) is 119 cm³/mol. The van der Waals surface area contributed by atoms with Crippen molar-refractivity contribution >= 4 is 33.4 Å². The van der Waals surface area contributed by atoms with Crippen molar-refractivity contribution in [3.63, 3.8) is 0 Å². The van der Waals surface area contributed by atoms with Gasteiger partial charge in [-0.1, -0.05) is 12.1 Å². The summed E-state index contributed by atoms with van der Waals surface area (Å²) >= 11 is 1.57. The van der Waals surface area contributed by atoms with Gasteiger partial charge >= 0.3 is 0 Å². The highest BCUT2D eigenvalue weighted by atomic mass is 32.1. The van der Waals surface area contributed by atoms with E-state index >= 15 is 0 Å². The van der Waals surface area contributed by atoms with Crippen molar-refractivity contribution in [3.05, 3.63) is 69.7 Å². The van der Waals surface area contributed by atoms with E-state index in [0.29, 0.717) is 17.1 Å². The van der Waals surface area contributed by atoms with Crippen molar-refractivity contribution in [2.45, 2.75) is 25.7 Å². The first-order valence-corrected chi connectivity index (χ1v) is 10.7. The number of H-pyrrole nitrogens is 1. The first-order valence-electron chi connectivity index (χ1n) is 9.88. The third-order valence-electron chi connectivity index (χ3n) is 5.46. The number of pyridine rings is 2. The molecule has 6 nitrogen and oxygen atoms in total. The summed E-state index contributed by atoms with van der Waals surface area (Å²) in [5, 5.41) is 2.00.